The lowest BCUT2D eigenvalue weighted by molar-refractivity contribution is 0.254. The highest BCUT2D eigenvalue weighted by atomic mass is 32.2. The van der Waals surface area contributed by atoms with Crippen LogP contribution in [0.15, 0.2) is 36.5 Å². The van der Waals surface area contributed by atoms with Crippen LogP contribution in [0.25, 0.3) is 10.9 Å². The molecule has 1 aromatic carbocycles. The molecule has 1 aliphatic heterocycles. The number of nitrogens with zero attached hydrogens (tertiary/aromatic N) is 2. The first-order valence-electron chi connectivity index (χ1n) is 6.78. The molecule has 2 aromatic rings. The Morgan fingerprint density at radius 3 is 2.95 bits per heavy atom. The van der Waals surface area contributed by atoms with Crippen LogP contribution in [0.2, 0.25) is 0 Å². The second-order valence-electron chi connectivity index (χ2n) is 5.50. The number of aromatic nitrogens is 1. The zero-order valence-corrected chi connectivity index (χ0v) is 12.3. The second-order valence-corrected chi connectivity index (χ2v) is 7.73. The average molecular weight is 290 g/mol. The van der Waals surface area contributed by atoms with Crippen LogP contribution < -0.4 is 0 Å². The van der Waals surface area contributed by atoms with Crippen molar-refractivity contribution in [1.29, 1.82) is 0 Å². The third-order valence-electron chi connectivity index (χ3n) is 3.93. The summed E-state index contributed by atoms with van der Waals surface area (Å²) in [6, 6.07) is 10.3. The Hall–Kier alpha value is -1.46. The standard InChI is InChI=1S/C15H18N2O2S/c1-17(14-6-8-20(18,19)11-14)10-12-4-5-15-13(9-12)3-2-7-16-15/h2-5,7,9,14H,6,8,10-11H2,1H3. The molecule has 2 heterocycles. The van der Waals surface area contributed by atoms with Crippen LogP contribution >= 0.6 is 0 Å². The third kappa shape index (κ3) is 2.83. The van der Waals surface area contributed by atoms with Crippen LogP contribution in [0.4, 0.5) is 0 Å². The number of hydrogen-bond acceptors (Lipinski definition) is 4. The highest BCUT2D eigenvalue weighted by Crippen LogP contribution is 2.20. The number of sulfone groups is 1. The van der Waals surface area contributed by atoms with Gasteiger partial charge in [0.1, 0.15) is 0 Å². The molecule has 0 amide bonds. The molecule has 0 N–H and O–H groups in total. The molecule has 0 radical (unpaired) electrons. The van der Waals surface area contributed by atoms with Crippen molar-refractivity contribution in [2.75, 3.05) is 18.6 Å². The maximum atomic E-state index is 11.5. The van der Waals surface area contributed by atoms with Crippen LogP contribution in [0, 0.1) is 0 Å². The fraction of sp³-hybridized carbons (Fsp3) is 0.400. The third-order valence-corrected chi connectivity index (χ3v) is 5.68. The monoisotopic (exact) mass is 290 g/mol. The Bertz CT molecular complexity index is 727. The predicted octanol–water partition coefficient (Wildman–Crippen LogP) is 1.85. The number of pyridine rings is 1. The first-order chi connectivity index (χ1) is 9.53. The molecule has 0 aliphatic carbocycles. The summed E-state index contributed by atoms with van der Waals surface area (Å²) in [5.41, 5.74) is 2.18. The van der Waals surface area contributed by atoms with Gasteiger partial charge in [-0.25, -0.2) is 8.42 Å². The quantitative estimate of drug-likeness (QED) is 0.865. The van der Waals surface area contributed by atoms with Crippen molar-refractivity contribution in [3.05, 3.63) is 42.1 Å². The summed E-state index contributed by atoms with van der Waals surface area (Å²) in [5.74, 6) is 0.613. The smallest absolute Gasteiger partial charge is 0.151 e. The summed E-state index contributed by atoms with van der Waals surface area (Å²) in [6.45, 7) is 0.769. The van der Waals surface area contributed by atoms with E-state index in [1.165, 1.54) is 5.56 Å². The van der Waals surface area contributed by atoms with Crippen LogP contribution in [-0.2, 0) is 16.4 Å². The molecule has 20 heavy (non-hydrogen) atoms. The lowest BCUT2D eigenvalue weighted by Crippen LogP contribution is -2.32. The predicted molar refractivity (Wildman–Crippen MR) is 80.3 cm³/mol. The van der Waals surface area contributed by atoms with Gasteiger partial charge < -0.3 is 0 Å². The van der Waals surface area contributed by atoms with Crippen LogP contribution in [-0.4, -0.2) is 42.9 Å². The van der Waals surface area contributed by atoms with Crippen LogP contribution in [0.3, 0.4) is 0 Å². The molecule has 4 nitrogen and oxygen atoms in total. The first kappa shape index (κ1) is 13.5. The van der Waals surface area contributed by atoms with E-state index in [0.717, 1.165) is 23.9 Å². The summed E-state index contributed by atoms with van der Waals surface area (Å²) < 4.78 is 23.1. The normalized spacial score (nSPS) is 21.6. The van der Waals surface area contributed by atoms with E-state index in [1.54, 1.807) is 6.20 Å². The molecule has 106 valence electrons. The summed E-state index contributed by atoms with van der Waals surface area (Å²) in [7, 11) is -0.820. The van der Waals surface area contributed by atoms with Crippen molar-refractivity contribution in [3.63, 3.8) is 0 Å². The minimum absolute atomic E-state index is 0.143. The van der Waals surface area contributed by atoms with Crippen molar-refractivity contribution in [3.8, 4) is 0 Å². The molecule has 1 saturated heterocycles. The molecule has 1 aromatic heterocycles. The summed E-state index contributed by atoms with van der Waals surface area (Å²) >= 11 is 0. The Labute approximate surface area is 119 Å². The average Bonchev–Trinajstić information content (AvgIpc) is 2.79. The van der Waals surface area contributed by atoms with Gasteiger partial charge >= 0.3 is 0 Å². The Balaban J connectivity index is 1.76. The molecule has 0 bridgehead atoms. The van der Waals surface area contributed by atoms with Crippen molar-refractivity contribution in [2.45, 2.75) is 19.0 Å². The van der Waals surface area contributed by atoms with E-state index < -0.39 is 9.84 Å². The van der Waals surface area contributed by atoms with E-state index in [9.17, 15) is 8.42 Å². The van der Waals surface area contributed by atoms with Crippen molar-refractivity contribution in [1.82, 2.24) is 9.88 Å². The SMILES string of the molecule is CN(Cc1ccc2ncccc2c1)C1CCS(=O)(=O)C1. The van der Waals surface area contributed by atoms with E-state index in [2.05, 4.69) is 22.0 Å². The summed E-state index contributed by atoms with van der Waals surface area (Å²) in [6.07, 6.45) is 2.53. The van der Waals surface area contributed by atoms with Crippen LogP contribution in [0.1, 0.15) is 12.0 Å². The van der Waals surface area contributed by atoms with Gasteiger partial charge in [0.15, 0.2) is 9.84 Å². The molecule has 1 atom stereocenters. The Morgan fingerprint density at radius 1 is 1.35 bits per heavy atom. The molecule has 1 fully saturated rings. The fourth-order valence-corrected chi connectivity index (χ4v) is 4.57. The van der Waals surface area contributed by atoms with Gasteiger partial charge in [-0.1, -0.05) is 12.1 Å². The Kier molecular flexibility index (Phi) is 3.48. The zero-order chi connectivity index (χ0) is 14.2. The second kappa shape index (κ2) is 5.14. The van der Waals surface area contributed by atoms with Crippen molar-refractivity contribution < 1.29 is 8.42 Å². The van der Waals surface area contributed by atoms with Gasteiger partial charge in [0.05, 0.1) is 17.0 Å². The molecule has 1 unspecified atom stereocenters. The van der Waals surface area contributed by atoms with E-state index >= 15 is 0 Å². The number of benzene rings is 1. The fourth-order valence-electron chi connectivity index (χ4n) is 2.76. The van der Waals surface area contributed by atoms with E-state index in [1.807, 2.05) is 25.2 Å². The van der Waals surface area contributed by atoms with Crippen LogP contribution in [0.5, 0.6) is 0 Å². The first-order valence-corrected chi connectivity index (χ1v) is 8.60. The highest BCUT2D eigenvalue weighted by Gasteiger charge is 2.30. The molecule has 1 aliphatic rings. The van der Waals surface area contributed by atoms with Gasteiger partial charge in [0, 0.05) is 24.2 Å². The van der Waals surface area contributed by atoms with Gasteiger partial charge in [-0.05, 0) is 37.2 Å². The van der Waals surface area contributed by atoms with E-state index in [0.29, 0.717) is 11.5 Å². The summed E-state index contributed by atoms with van der Waals surface area (Å²) in [4.78, 5) is 6.45. The maximum Gasteiger partial charge on any atom is 0.151 e. The topological polar surface area (TPSA) is 50.3 Å². The van der Waals surface area contributed by atoms with Crippen molar-refractivity contribution in [2.24, 2.45) is 0 Å². The lowest BCUT2D eigenvalue weighted by atomic mass is 10.1. The molecule has 5 heteroatoms. The van der Waals surface area contributed by atoms with E-state index in [-0.39, 0.29) is 6.04 Å². The molecule has 0 saturated carbocycles. The minimum Gasteiger partial charge on any atom is -0.298 e. The van der Waals surface area contributed by atoms with Gasteiger partial charge in [0.2, 0.25) is 0 Å². The molecular weight excluding hydrogens is 272 g/mol. The zero-order valence-electron chi connectivity index (χ0n) is 11.5. The van der Waals surface area contributed by atoms with Gasteiger partial charge in [0.25, 0.3) is 0 Å². The molecular formula is C15H18N2O2S. The number of hydrogen-bond donors (Lipinski definition) is 0. The largest absolute Gasteiger partial charge is 0.298 e. The van der Waals surface area contributed by atoms with Gasteiger partial charge in [-0.2, -0.15) is 0 Å². The highest BCUT2D eigenvalue weighted by molar-refractivity contribution is 7.91. The lowest BCUT2D eigenvalue weighted by Gasteiger charge is -2.23. The number of fused-ring (bicyclic) bond motifs is 1. The molecule has 3 rings (SSSR count). The van der Waals surface area contributed by atoms with Crippen molar-refractivity contribution >= 4 is 20.7 Å². The Morgan fingerprint density at radius 2 is 2.20 bits per heavy atom. The maximum absolute atomic E-state index is 11.5. The van der Waals surface area contributed by atoms with Gasteiger partial charge in [-0.15, -0.1) is 0 Å². The minimum atomic E-state index is -2.82. The van der Waals surface area contributed by atoms with E-state index in [4.69, 9.17) is 0 Å². The summed E-state index contributed by atoms with van der Waals surface area (Å²) in [5, 5.41) is 1.12. The molecule has 0 spiro atoms. The number of rotatable bonds is 3. The van der Waals surface area contributed by atoms with Gasteiger partial charge in [-0.3, -0.25) is 9.88 Å².